The second-order valence-electron chi connectivity index (χ2n) is 7.08. The van der Waals surface area contributed by atoms with Crippen LogP contribution in [0.2, 0.25) is 0 Å². The Hall–Kier alpha value is -3.94. The summed E-state index contributed by atoms with van der Waals surface area (Å²) < 4.78 is 9.02. The van der Waals surface area contributed by atoms with Crippen molar-refractivity contribution in [3.05, 3.63) is 77.7 Å². The van der Waals surface area contributed by atoms with Crippen molar-refractivity contribution in [3.8, 4) is 17.3 Å². The average Bonchev–Trinajstić information content (AvgIpc) is 3.38. The highest BCUT2D eigenvalue weighted by Crippen LogP contribution is 2.30. The lowest BCUT2D eigenvalue weighted by atomic mass is 10.2. The van der Waals surface area contributed by atoms with Crippen LogP contribution < -0.4 is 10.1 Å². The van der Waals surface area contributed by atoms with Gasteiger partial charge in [-0.15, -0.1) is 10.2 Å². The molecular weight excluding hydrogens is 392 g/mol. The Morgan fingerprint density at radius 2 is 1.84 bits per heavy atom. The third-order valence-electron chi connectivity index (χ3n) is 5.04. The number of carbonyl (C=O) groups excluding carboxylic acids is 1. The van der Waals surface area contributed by atoms with Crippen LogP contribution in [0.5, 0.6) is 5.75 Å². The number of anilines is 1. The molecule has 2 aromatic heterocycles. The Labute approximate surface area is 180 Å². The molecule has 158 valence electrons. The number of hydrogen-bond donors (Lipinski definition) is 1. The summed E-state index contributed by atoms with van der Waals surface area (Å²) in [6.07, 6.45) is 1.69. The van der Waals surface area contributed by atoms with Gasteiger partial charge >= 0.3 is 0 Å². The zero-order valence-electron chi connectivity index (χ0n) is 17.7. The molecule has 4 rings (SSSR count). The first-order valence-corrected chi connectivity index (χ1v) is 10.1. The highest BCUT2D eigenvalue weighted by atomic mass is 16.5. The van der Waals surface area contributed by atoms with E-state index in [-0.39, 0.29) is 5.91 Å². The molecule has 8 heteroatoms. The van der Waals surface area contributed by atoms with Gasteiger partial charge in [0.05, 0.1) is 25.0 Å². The lowest BCUT2D eigenvalue weighted by Gasteiger charge is -2.12. The van der Waals surface area contributed by atoms with Gasteiger partial charge in [-0.05, 0) is 43.7 Å². The molecule has 1 amide bonds. The molecule has 4 aromatic rings. The van der Waals surface area contributed by atoms with Gasteiger partial charge in [-0.2, -0.15) is 5.10 Å². The molecule has 2 aromatic carbocycles. The van der Waals surface area contributed by atoms with Crippen LogP contribution in [0.3, 0.4) is 0 Å². The maximum absolute atomic E-state index is 12.8. The number of methoxy groups -OCH3 is 1. The minimum Gasteiger partial charge on any atom is -0.497 e. The molecule has 0 aliphatic rings. The van der Waals surface area contributed by atoms with E-state index in [1.807, 2.05) is 65.6 Å². The number of hydrogen-bond acceptors (Lipinski definition) is 5. The zero-order valence-corrected chi connectivity index (χ0v) is 17.7. The van der Waals surface area contributed by atoms with Crippen LogP contribution in [-0.4, -0.2) is 37.6 Å². The lowest BCUT2D eigenvalue weighted by molar-refractivity contribution is 0.102. The Morgan fingerprint density at radius 3 is 2.52 bits per heavy atom. The predicted octanol–water partition coefficient (Wildman–Crippen LogP) is 3.78. The molecule has 0 aliphatic carbocycles. The minimum atomic E-state index is -0.193. The van der Waals surface area contributed by atoms with Gasteiger partial charge in [-0.1, -0.05) is 30.3 Å². The lowest BCUT2D eigenvalue weighted by Crippen LogP contribution is -2.14. The molecule has 0 atom stereocenters. The SMILES string of the molecule is CCn1nc(C)c(NC(=O)c2ccccc2)c1-c1nncn1Cc1ccc(OC)cc1. The van der Waals surface area contributed by atoms with Gasteiger partial charge in [0.25, 0.3) is 5.91 Å². The van der Waals surface area contributed by atoms with E-state index in [0.29, 0.717) is 30.2 Å². The Bertz CT molecular complexity index is 1180. The zero-order chi connectivity index (χ0) is 21.8. The molecule has 0 unspecified atom stereocenters. The number of ether oxygens (including phenoxy) is 1. The molecular formula is C23H24N6O2. The van der Waals surface area contributed by atoms with Crippen molar-refractivity contribution in [2.45, 2.75) is 26.9 Å². The quantitative estimate of drug-likeness (QED) is 0.495. The number of amides is 1. The van der Waals surface area contributed by atoms with Gasteiger partial charge in [0.15, 0.2) is 5.82 Å². The third kappa shape index (κ3) is 4.18. The summed E-state index contributed by atoms with van der Waals surface area (Å²) in [6, 6.07) is 17.0. The summed E-state index contributed by atoms with van der Waals surface area (Å²) in [5.41, 5.74) is 3.75. The fraction of sp³-hybridized carbons (Fsp3) is 0.217. The summed E-state index contributed by atoms with van der Waals surface area (Å²) >= 11 is 0. The van der Waals surface area contributed by atoms with Gasteiger partial charge in [-0.25, -0.2) is 0 Å². The highest BCUT2D eigenvalue weighted by Gasteiger charge is 2.23. The number of nitrogens with one attached hydrogen (secondary N) is 1. The molecule has 0 bridgehead atoms. The smallest absolute Gasteiger partial charge is 0.255 e. The molecule has 0 radical (unpaired) electrons. The average molecular weight is 416 g/mol. The van der Waals surface area contributed by atoms with Crippen molar-refractivity contribution in [3.63, 3.8) is 0 Å². The van der Waals surface area contributed by atoms with E-state index in [4.69, 9.17) is 4.74 Å². The molecule has 0 fully saturated rings. The van der Waals surface area contributed by atoms with Gasteiger partial charge in [0.1, 0.15) is 17.8 Å². The van der Waals surface area contributed by atoms with Crippen LogP contribution >= 0.6 is 0 Å². The van der Waals surface area contributed by atoms with Gasteiger partial charge in [-0.3, -0.25) is 9.48 Å². The first-order valence-electron chi connectivity index (χ1n) is 10.1. The number of rotatable bonds is 7. The Kier molecular flexibility index (Phi) is 5.79. The van der Waals surface area contributed by atoms with E-state index in [1.165, 1.54) is 0 Å². The molecule has 0 spiro atoms. The molecule has 0 aliphatic heterocycles. The highest BCUT2D eigenvalue weighted by molar-refractivity contribution is 6.06. The summed E-state index contributed by atoms with van der Waals surface area (Å²) in [7, 11) is 1.65. The number of aryl methyl sites for hydroxylation is 2. The van der Waals surface area contributed by atoms with Gasteiger partial charge < -0.3 is 14.6 Å². The number of carbonyl (C=O) groups is 1. The fourth-order valence-corrected chi connectivity index (χ4v) is 3.44. The molecule has 0 saturated heterocycles. The monoisotopic (exact) mass is 416 g/mol. The summed E-state index contributed by atoms with van der Waals surface area (Å²) in [6.45, 7) is 5.09. The summed E-state index contributed by atoms with van der Waals surface area (Å²) in [4.78, 5) is 12.8. The van der Waals surface area contributed by atoms with E-state index in [9.17, 15) is 4.79 Å². The molecule has 31 heavy (non-hydrogen) atoms. The summed E-state index contributed by atoms with van der Waals surface area (Å²) in [5, 5.41) is 16.1. The largest absolute Gasteiger partial charge is 0.497 e. The molecule has 2 heterocycles. The molecule has 8 nitrogen and oxygen atoms in total. The van der Waals surface area contributed by atoms with Crippen molar-refractivity contribution in [1.29, 1.82) is 0 Å². The Morgan fingerprint density at radius 1 is 1.10 bits per heavy atom. The summed E-state index contributed by atoms with van der Waals surface area (Å²) in [5.74, 6) is 1.25. The fourth-order valence-electron chi connectivity index (χ4n) is 3.44. The first-order chi connectivity index (χ1) is 15.1. The first kappa shape index (κ1) is 20.3. The van der Waals surface area contributed by atoms with Crippen molar-refractivity contribution >= 4 is 11.6 Å². The normalized spacial score (nSPS) is 10.8. The van der Waals surface area contributed by atoms with Crippen molar-refractivity contribution in [2.24, 2.45) is 0 Å². The van der Waals surface area contributed by atoms with E-state index in [0.717, 1.165) is 22.7 Å². The van der Waals surface area contributed by atoms with Crippen molar-refractivity contribution in [1.82, 2.24) is 24.5 Å². The van der Waals surface area contributed by atoms with Crippen LogP contribution in [0, 0.1) is 6.92 Å². The molecule has 1 N–H and O–H groups in total. The second kappa shape index (κ2) is 8.83. The minimum absolute atomic E-state index is 0.193. The number of nitrogens with zero attached hydrogens (tertiary/aromatic N) is 5. The standard InChI is InChI=1S/C23H24N6O2/c1-4-29-21(20(16(2)27-29)25-23(30)18-8-6-5-7-9-18)22-26-24-15-28(22)14-17-10-12-19(31-3)13-11-17/h5-13,15H,4,14H2,1-3H3,(H,25,30). The second-order valence-corrected chi connectivity index (χ2v) is 7.08. The van der Waals surface area contributed by atoms with Crippen LogP contribution in [0.1, 0.15) is 28.5 Å². The maximum Gasteiger partial charge on any atom is 0.255 e. The van der Waals surface area contributed by atoms with Crippen LogP contribution in [0.4, 0.5) is 5.69 Å². The van der Waals surface area contributed by atoms with Crippen LogP contribution in [0.25, 0.3) is 11.5 Å². The topological polar surface area (TPSA) is 86.9 Å². The van der Waals surface area contributed by atoms with Crippen molar-refractivity contribution in [2.75, 3.05) is 12.4 Å². The van der Waals surface area contributed by atoms with Crippen molar-refractivity contribution < 1.29 is 9.53 Å². The van der Waals surface area contributed by atoms with E-state index in [2.05, 4.69) is 20.6 Å². The van der Waals surface area contributed by atoms with E-state index < -0.39 is 0 Å². The maximum atomic E-state index is 12.8. The number of benzene rings is 2. The number of aromatic nitrogens is 5. The molecule has 0 saturated carbocycles. The van der Waals surface area contributed by atoms with Gasteiger partial charge in [0, 0.05) is 12.1 Å². The van der Waals surface area contributed by atoms with E-state index in [1.54, 1.807) is 25.6 Å². The van der Waals surface area contributed by atoms with Crippen LogP contribution in [-0.2, 0) is 13.1 Å². The Balaban J connectivity index is 1.70. The third-order valence-corrected chi connectivity index (χ3v) is 5.04. The predicted molar refractivity (Wildman–Crippen MR) is 118 cm³/mol. The van der Waals surface area contributed by atoms with Gasteiger partial charge in [0.2, 0.25) is 0 Å². The van der Waals surface area contributed by atoms with E-state index >= 15 is 0 Å². The van der Waals surface area contributed by atoms with Crippen LogP contribution in [0.15, 0.2) is 60.9 Å².